The molecule has 2 rings (SSSR count). The molecule has 0 saturated heterocycles. The molecule has 1 aromatic heterocycles. The zero-order valence-corrected chi connectivity index (χ0v) is 5.64. The monoisotopic (exact) mass is 138 g/mol. The third kappa shape index (κ3) is 0.772. The molecule has 0 unspecified atom stereocenters. The van der Waals surface area contributed by atoms with E-state index in [0.717, 1.165) is 6.54 Å². The third-order valence-corrected chi connectivity index (χ3v) is 2.16. The fraction of sp³-hybridized carbons (Fsp3) is 0.167. The minimum atomic E-state index is 0.926. The molecule has 0 bridgehead atoms. The van der Waals surface area contributed by atoms with Crippen LogP contribution in [0, 0.1) is 0 Å². The van der Waals surface area contributed by atoms with E-state index in [9.17, 15) is 0 Å². The van der Waals surface area contributed by atoms with Crippen LogP contribution in [0.15, 0.2) is 28.8 Å². The highest BCUT2D eigenvalue weighted by Crippen LogP contribution is 2.21. The van der Waals surface area contributed by atoms with Crippen molar-refractivity contribution >= 4 is 11.8 Å². The normalized spacial score (nSPS) is 15.6. The van der Waals surface area contributed by atoms with Crippen molar-refractivity contribution in [2.75, 3.05) is 0 Å². The van der Waals surface area contributed by atoms with Gasteiger partial charge in [0.15, 0.2) is 0 Å². The lowest BCUT2D eigenvalue weighted by atomic mass is 10.6. The van der Waals surface area contributed by atoms with Gasteiger partial charge in [0.2, 0.25) is 0 Å². The van der Waals surface area contributed by atoms with Gasteiger partial charge in [-0.3, -0.25) is 4.68 Å². The van der Waals surface area contributed by atoms with Gasteiger partial charge in [-0.2, -0.15) is 5.10 Å². The predicted octanol–water partition coefficient (Wildman–Crippen LogP) is 1.50. The molecule has 0 N–H and O–H groups in total. The molecule has 3 heteroatoms. The van der Waals surface area contributed by atoms with Crippen molar-refractivity contribution in [1.29, 1.82) is 0 Å². The molecule has 0 atom stereocenters. The summed E-state index contributed by atoms with van der Waals surface area (Å²) in [6.45, 7) is 0.926. The molecule has 0 aromatic carbocycles. The van der Waals surface area contributed by atoms with Crippen LogP contribution in [-0.2, 0) is 6.54 Å². The second-order valence-electron chi connectivity index (χ2n) is 1.84. The van der Waals surface area contributed by atoms with Crippen molar-refractivity contribution in [3.05, 3.63) is 23.7 Å². The molecule has 0 aliphatic carbocycles. The van der Waals surface area contributed by atoms with Crippen molar-refractivity contribution < 1.29 is 0 Å². The van der Waals surface area contributed by atoms with Crippen LogP contribution in [0.2, 0.25) is 0 Å². The number of allylic oxidation sites excluding steroid dienone is 1. The molecular formula is C6H6N2S. The molecule has 46 valence electrons. The first-order chi connectivity index (χ1) is 4.47. The van der Waals surface area contributed by atoms with Crippen LogP contribution < -0.4 is 0 Å². The van der Waals surface area contributed by atoms with Crippen LogP contribution in [-0.4, -0.2) is 9.78 Å². The van der Waals surface area contributed by atoms with Gasteiger partial charge in [0, 0.05) is 0 Å². The summed E-state index contributed by atoms with van der Waals surface area (Å²) in [5.41, 5.74) is 0. The summed E-state index contributed by atoms with van der Waals surface area (Å²) in [6, 6.07) is 2.02. The van der Waals surface area contributed by atoms with Gasteiger partial charge in [-0.15, -0.1) is 0 Å². The Morgan fingerprint density at radius 3 is 3.56 bits per heavy atom. The van der Waals surface area contributed by atoms with E-state index in [-0.39, 0.29) is 0 Å². The highest BCUT2D eigenvalue weighted by atomic mass is 32.2. The summed E-state index contributed by atoms with van der Waals surface area (Å²) in [5.74, 6) is 0. The maximum atomic E-state index is 4.10. The zero-order valence-electron chi connectivity index (χ0n) is 4.82. The highest BCUT2D eigenvalue weighted by Gasteiger charge is 2.01. The second-order valence-corrected chi connectivity index (χ2v) is 2.77. The van der Waals surface area contributed by atoms with Crippen LogP contribution in [0.25, 0.3) is 0 Å². The van der Waals surface area contributed by atoms with Crippen molar-refractivity contribution in [2.24, 2.45) is 0 Å². The molecule has 0 spiro atoms. The molecule has 1 aliphatic rings. The summed E-state index contributed by atoms with van der Waals surface area (Å²) >= 11 is 1.72. The first-order valence-electron chi connectivity index (χ1n) is 2.80. The number of thioether (sulfide) groups is 1. The summed E-state index contributed by atoms with van der Waals surface area (Å²) < 4.78 is 1.98. The van der Waals surface area contributed by atoms with Crippen molar-refractivity contribution in [1.82, 2.24) is 9.78 Å². The third-order valence-electron chi connectivity index (χ3n) is 1.24. The maximum absolute atomic E-state index is 4.10. The number of aromatic nitrogens is 2. The number of hydrogen-bond acceptors (Lipinski definition) is 2. The predicted molar refractivity (Wildman–Crippen MR) is 37.2 cm³/mol. The Morgan fingerprint density at radius 1 is 1.67 bits per heavy atom. The summed E-state index contributed by atoms with van der Waals surface area (Å²) in [7, 11) is 0. The molecule has 1 aliphatic heterocycles. The summed E-state index contributed by atoms with van der Waals surface area (Å²) in [4.78, 5) is 0. The highest BCUT2D eigenvalue weighted by molar-refractivity contribution is 8.02. The van der Waals surface area contributed by atoms with E-state index < -0.39 is 0 Å². The number of rotatable bonds is 0. The Balaban J connectivity index is 2.46. The first-order valence-corrected chi connectivity index (χ1v) is 3.68. The van der Waals surface area contributed by atoms with E-state index in [1.54, 1.807) is 11.8 Å². The average molecular weight is 138 g/mol. The van der Waals surface area contributed by atoms with Crippen molar-refractivity contribution in [2.45, 2.75) is 11.6 Å². The lowest BCUT2D eigenvalue weighted by Gasteiger charge is -2.04. The van der Waals surface area contributed by atoms with Gasteiger partial charge in [0.05, 0.1) is 17.8 Å². The van der Waals surface area contributed by atoms with Gasteiger partial charge < -0.3 is 0 Å². The minimum absolute atomic E-state index is 0.926. The molecule has 2 nitrogen and oxygen atoms in total. The first kappa shape index (κ1) is 5.11. The van der Waals surface area contributed by atoms with Crippen LogP contribution in [0.4, 0.5) is 0 Å². The molecule has 0 radical (unpaired) electrons. The topological polar surface area (TPSA) is 17.8 Å². The van der Waals surface area contributed by atoms with Gasteiger partial charge in [-0.05, 0) is 11.5 Å². The van der Waals surface area contributed by atoms with Gasteiger partial charge >= 0.3 is 0 Å². The van der Waals surface area contributed by atoms with E-state index in [0.29, 0.717) is 0 Å². The smallest absolute Gasteiger partial charge is 0.0985 e. The van der Waals surface area contributed by atoms with Gasteiger partial charge in [0.25, 0.3) is 0 Å². The second kappa shape index (κ2) is 1.92. The van der Waals surface area contributed by atoms with Gasteiger partial charge in [-0.1, -0.05) is 17.8 Å². The van der Waals surface area contributed by atoms with E-state index in [1.807, 2.05) is 16.9 Å². The zero-order chi connectivity index (χ0) is 6.10. The Morgan fingerprint density at radius 2 is 2.67 bits per heavy atom. The Bertz CT molecular complexity index is 216. The van der Waals surface area contributed by atoms with Crippen LogP contribution >= 0.6 is 11.8 Å². The van der Waals surface area contributed by atoms with Crippen LogP contribution in [0.3, 0.4) is 0 Å². The minimum Gasteiger partial charge on any atom is -0.255 e. The number of nitrogens with zero attached hydrogens (tertiary/aromatic N) is 2. The summed E-state index contributed by atoms with van der Waals surface area (Å²) in [5, 5.41) is 7.43. The van der Waals surface area contributed by atoms with Gasteiger partial charge in [0.1, 0.15) is 0 Å². The molecule has 0 saturated carbocycles. The Labute approximate surface area is 57.6 Å². The fourth-order valence-electron chi connectivity index (χ4n) is 0.818. The molecule has 0 fully saturated rings. The van der Waals surface area contributed by atoms with Crippen molar-refractivity contribution in [3.63, 3.8) is 0 Å². The maximum Gasteiger partial charge on any atom is 0.0985 e. The number of fused-ring (bicyclic) bond motifs is 1. The quantitative estimate of drug-likeness (QED) is 0.540. The fourth-order valence-corrected chi connectivity index (χ4v) is 1.52. The van der Waals surface area contributed by atoms with Crippen LogP contribution in [0.5, 0.6) is 0 Å². The molecule has 1 aromatic rings. The lowest BCUT2D eigenvalue weighted by Crippen LogP contribution is -2.00. The van der Waals surface area contributed by atoms with E-state index in [1.165, 1.54) is 5.03 Å². The van der Waals surface area contributed by atoms with Crippen molar-refractivity contribution in [3.8, 4) is 0 Å². The van der Waals surface area contributed by atoms with E-state index >= 15 is 0 Å². The Kier molecular flexibility index (Phi) is 1.09. The SMILES string of the molecule is C1=CSc2ccnn2C1. The molecule has 9 heavy (non-hydrogen) atoms. The summed E-state index contributed by atoms with van der Waals surface area (Å²) in [6.07, 6.45) is 3.93. The van der Waals surface area contributed by atoms with Crippen LogP contribution in [0.1, 0.15) is 0 Å². The molecule has 0 amide bonds. The van der Waals surface area contributed by atoms with Gasteiger partial charge in [-0.25, -0.2) is 0 Å². The molecule has 2 heterocycles. The molecular weight excluding hydrogens is 132 g/mol. The number of hydrogen-bond donors (Lipinski definition) is 0. The lowest BCUT2D eigenvalue weighted by molar-refractivity contribution is 0.639. The average Bonchev–Trinajstić information content (AvgIpc) is 2.33. The largest absolute Gasteiger partial charge is 0.255 e. The van der Waals surface area contributed by atoms with E-state index in [2.05, 4.69) is 16.6 Å². The Hall–Kier alpha value is -0.700. The van der Waals surface area contributed by atoms with E-state index in [4.69, 9.17) is 0 Å². The standard InChI is InChI=1S/C6H6N2S/c1-4-8-6(9-5-1)2-3-7-8/h1-3,5H,4H2.